The normalized spacial score (nSPS) is 18.2. The minimum absolute atomic E-state index is 0.0198. The van der Waals surface area contributed by atoms with Gasteiger partial charge in [-0.25, -0.2) is 9.78 Å². The highest BCUT2D eigenvalue weighted by Gasteiger charge is 2.32. The number of carbonyl (C=O) groups is 4. The summed E-state index contributed by atoms with van der Waals surface area (Å²) in [5.41, 5.74) is 6.12. The maximum Gasteiger partial charge on any atom is 0.326 e. The number of carboxylic acids is 1. The average molecular weight is 480 g/mol. The topological polar surface area (TPSA) is 191 Å². The van der Waals surface area contributed by atoms with Gasteiger partial charge in [0.2, 0.25) is 17.7 Å². The Kier molecular flexibility index (Phi) is 10.9. The number of hydrogen-bond donors (Lipinski definition) is 7. The fourth-order valence-electron chi connectivity index (χ4n) is 3.81. The number of unbranched alkanes of at least 4 members (excludes halogenated alkanes) is 1. The van der Waals surface area contributed by atoms with Gasteiger partial charge in [0.05, 0.1) is 12.4 Å². The highest BCUT2D eigenvalue weighted by Crippen LogP contribution is 2.10. The Balaban J connectivity index is 2.05. The number of hydrogen-bond acceptors (Lipinski definition) is 7. The average Bonchev–Trinajstić information content (AvgIpc) is 3.50. The van der Waals surface area contributed by atoms with Crippen LogP contribution in [0.4, 0.5) is 0 Å². The minimum Gasteiger partial charge on any atom is -0.480 e. The molecule has 0 aromatic carbocycles. The van der Waals surface area contributed by atoms with Crippen molar-refractivity contribution in [2.75, 3.05) is 13.1 Å². The van der Waals surface area contributed by atoms with E-state index in [1.807, 2.05) is 0 Å². The van der Waals surface area contributed by atoms with Crippen molar-refractivity contribution in [3.05, 3.63) is 18.2 Å². The van der Waals surface area contributed by atoms with Gasteiger partial charge in [0.1, 0.15) is 18.1 Å². The summed E-state index contributed by atoms with van der Waals surface area (Å²) >= 11 is 0. The molecule has 0 spiro atoms. The molecule has 1 aliphatic heterocycles. The van der Waals surface area contributed by atoms with E-state index in [4.69, 9.17) is 5.73 Å². The second kappa shape index (κ2) is 13.7. The molecule has 2 heterocycles. The number of carbonyl (C=O) groups excluding carboxylic acids is 3. The standard InChI is InChI=1S/C22H37N7O5/c1-13(2)18(21(32)28-17(22(33)34)10-14-11-24-12-26-14)29-20(31)16(6-3-4-8-23)27-19(30)15-7-5-9-25-15/h11-13,15-18,25H,3-10,23H2,1-2H3,(H,24,26)(H,27,30)(H,28,32)(H,29,31)(H,33,34). The molecule has 0 saturated carbocycles. The van der Waals surface area contributed by atoms with Crippen molar-refractivity contribution in [1.82, 2.24) is 31.2 Å². The summed E-state index contributed by atoms with van der Waals surface area (Å²) in [5, 5.41) is 20.7. The van der Waals surface area contributed by atoms with E-state index in [0.29, 0.717) is 37.9 Å². The lowest BCUT2D eigenvalue weighted by molar-refractivity contribution is -0.142. The second-order valence-corrected chi connectivity index (χ2v) is 8.91. The summed E-state index contributed by atoms with van der Waals surface area (Å²) < 4.78 is 0. The van der Waals surface area contributed by atoms with Crippen LogP contribution < -0.4 is 27.0 Å². The Hall–Kier alpha value is -2.99. The number of H-pyrrole nitrogens is 1. The molecule has 2 rings (SSSR count). The molecule has 1 fully saturated rings. The van der Waals surface area contributed by atoms with Gasteiger partial charge in [-0.3, -0.25) is 14.4 Å². The van der Waals surface area contributed by atoms with Crippen LogP contribution in [0, 0.1) is 5.92 Å². The molecule has 12 heteroatoms. The van der Waals surface area contributed by atoms with E-state index in [1.165, 1.54) is 12.5 Å². The molecule has 4 unspecified atom stereocenters. The third-order valence-electron chi connectivity index (χ3n) is 5.80. The highest BCUT2D eigenvalue weighted by molar-refractivity contribution is 5.94. The SMILES string of the molecule is CC(C)C(NC(=O)C(CCCCN)NC(=O)C1CCCN1)C(=O)NC(Cc1cnc[nH]1)C(=O)O. The molecule has 0 aliphatic carbocycles. The first-order valence-corrected chi connectivity index (χ1v) is 11.8. The Morgan fingerprint density at radius 1 is 1.15 bits per heavy atom. The zero-order valence-corrected chi connectivity index (χ0v) is 19.8. The maximum atomic E-state index is 13.1. The maximum absolute atomic E-state index is 13.1. The van der Waals surface area contributed by atoms with Crippen molar-refractivity contribution in [2.24, 2.45) is 11.7 Å². The number of imidazole rings is 1. The number of amides is 3. The summed E-state index contributed by atoms with van der Waals surface area (Å²) in [6, 6.07) is -3.34. The quantitative estimate of drug-likeness (QED) is 0.166. The van der Waals surface area contributed by atoms with Gasteiger partial charge in [0.25, 0.3) is 0 Å². The number of aromatic amines is 1. The Morgan fingerprint density at radius 3 is 2.47 bits per heavy atom. The van der Waals surface area contributed by atoms with Crippen molar-refractivity contribution < 1.29 is 24.3 Å². The van der Waals surface area contributed by atoms with Crippen molar-refractivity contribution in [3.8, 4) is 0 Å². The van der Waals surface area contributed by atoms with Crippen LogP contribution in [0.5, 0.6) is 0 Å². The molecule has 4 atom stereocenters. The number of aromatic nitrogens is 2. The van der Waals surface area contributed by atoms with E-state index < -0.39 is 35.9 Å². The Morgan fingerprint density at radius 2 is 1.91 bits per heavy atom. The smallest absolute Gasteiger partial charge is 0.326 e. The van der Waals surface area contributed by atoms with E-state index in [0.717, 1.165) is 13.0 Å². The summed E-state index contributed by atoms with van der Waals surface area (Å²) in [4.78, 5) is 57.0. The van der Waals surface area contributed by atoms with Crippen LogP contribution in [0.3, 0.4) is 0 Å². The minimum atomic E-state index is -1.20. The molecule has 34 heavy (non-hydrogen) atoms. The van der Waals surface area contributed by atoms with Crippen molar-refractivity contribution >= 4 is 23.7 Å². The third-order valence-corrected chi connectivity index (χ3v) is 5.80. The molecule has 0 bridgehead atoms. The van der Waals surface area contributed by atoms with Crippen LogP contribution in [-0.4, -0.2) is 76.0 Å². The lowest BCUT2D eigenvalue weighted by Crippen LogP contribution is -2.58. The summed E-state index contributed by atoms with van der Waals surface area (Å²) in [6.07, 6.45) is 6.23. The summed E-state index contributed by atoms with van der Waals surface area (Å²) in [7, 11) is 0. The number of carboxylic acid groups (broad SMARTS) is 1. The third kappa shape index (κ3) is 8.41. The Bertz CT molecular complexity index is 809. The summed E-state index contributed by atoms with van der Waals surface area (Å²) in [6.45, 7) is 4.72. The molecule has 190 valence electrons. The zero-order valence-electron chi connectivity index (χ0n) is 19.8. The second-order valence-electron chi connectivity index (χ2n) is 8.91. The van der Waals surface area contributed by atoms with E-state index in [1.54, 1.807) is 13.8 Å². The van der Waals surface area contributed by atoms with Gasteiger partial charge < -0.3 is 37.1 Å². The van der Waals surface area contributed by atoms with Crippen molar-refractivity contribution in [3.63, 3.8) is 0 Å². The van der Waals surface area contributed by atoms with Gasteiger partial charge >= 0.3 is 5.97 Å². The van der Waals surface area contributed by atoms with Gasteiger partial charge in [-0.1, -0.05) is 13.8 Å². The van der Waals surface area contributed by atoms with Crippen LogP contribution in [-0.2, 0) is 25.6 Å². The first-order valence-electron chi connectivity index (χ1n) is 11.8. The predicted octanol–water partition coefficient (Wildman–Crippen LogP) is -0.972. The molecule has 1 aromatic heterocycles. The lowest BCUT2D eigenvalue weighted by Gasteiger charge is -2.27. The molecule has 3 amide bonds. The fraction of sp³-hybridized carbons (Fsp3) is 0.682. The first-order chi connectivity index (χ1) is 16.2. The monoisotopic (exact) mass is 479 g/mol. The lowest BCUT2D eigenvalue weighted by atomic mass is 10.0. The fourth-order valence-corrected chi connectivity index (χ4v) is 3.81. The number of rotatable bonds is 14. The molecule has 1 saturated heterocycles. The van der Waals surface area contributed by atoms with E-state index in [9.17, 15) is 24.3 Å². The molecular formula is C22H37N7O5. The van der Waals surface area contributed by atoms with Crippen molar-refractivity contribution in [1.29, 1.82) is 0 Å². The van der Waals surface area contributed by atoms with Gasteiger partial charge in [-0.2, -0.15) is 0 Å². The molecule has 0 radical (unpaired) electrons. The van der Waals surface area contributed by atoms with E-state index in [2.05, 4.69) is 31.2 Å². The van der Waals surface area contributed by atoms with E-state index in [-0.39, 0.29) is 24.3 Å². The van der Waals surface area contributed by atoms with Crippen molar-refractivity contribution in [2.45, 2.75) is 76.5 Å². The molecule has 8 N–H and O–H groups in total. The zero-order chi connectivity index (χ0) is 25.1. The van der Waals surface area contributed by atoms with Gasteiger partial charge in [-0.15, -0.1) is 0 Å². The van der Waals surface area contributed by atoms with Crippen LogP contribution in [0.2, 0.25) is 0 Å². The highest BCUT2D eigenvalue weighted by atomic mass is 16.4. The van der Waals surface area contributed by atoms with Gasteiger partial charge in [-0.05, 0) is 51.1 Å². The number of nitrogens with two attached hydrogens (primary N) is 1. The molecule has 12 nitrogen and oxygen atoms in total. The molecule has 1 aromatic rings. The number of aliphatic carboxylic acids is 1. The largest absolute Gasteiger partial charge is 0.480 e. The number of nitrogens with one attached hydrogen (secondary N) is 5. The van der Waals surface area contributed by atoms with Gasteiger partial charge in [0.15, 0.2) is 0 Å². The predicted molar refractivity (Wildman–Crippen MR) is 124 cm³/mol. The Labute approximate surface area is 199 Å². The van der Waals surface area contributed by atoms with Crippen LogP contribution >= 0.6 is 0 Å². The van der Waals surface area contributed by atoms with E-state index >= 15 is 0 Å². The molecular weight excluding hydrogens is 442 g/mol. The number of nitrogens with zero attached hydrogens (tertiary/aromatic N) is 1. The van der Waals surface area contributed by atoms with Crippen LogP contribution in [0.1, 0.15) is 51.6 Å². The first kappa shape index (κ1) is 27.3. The molecule has 1 aliphatic rings. The van der Waals surface area contributed by atoms with Crippen LogP contribution in [0.15, 0.2) is 12.5 Å². The van der Waals surface area contributed by atoms with Crippen LogP contribution in [0.25, 0.3) is 0 Å². The van der Waals surface area contributed by atoms with Gasteiger partial charge in [0, 0.05) is 18.3 Å². The summed E-state index contributed by atoms with van der Waals surface area (Å²) in [5.74, 6) is -2.87.